The number of anilines is 2. The van der Waals surface area contributed by atoms with Gasteiger partial charge in [0.2, 0.25) is 5.91 Å². The van der Waals surface area contributed by atoms with Crippen molar-refractivity contribution >= 4 is 17.4 Å². The van der Waals surface area contributed by atoms with Gasteiger partial charge < -0.3 is 10.6 Å². The van der Waals surface area contributed by atoms with Crippen LogP contribution in [0.15, 0.2) is 70.3 Å². The molecule has 174 valence electrons. The largest absolute Gasteiger partial charge is 0.383 e. The van der Waals surface area contributed by atoms with E-state index in [0.717, 1.165) is 24.0 Å². The van der Waals surface area contributed by atoms with E-state index in [2.05, 4.69) is 10.3 Å². The Bertz CT molecular complexity index is 1130. The van der Waals surface area contributed by atoms with E-state index in [1.54, 1.807) is 6.92 Å². The van der Waals surface area contributed by atoms with Crippen molar-refractivity contribution in [2.45, 2.75) is 39.3 Å². The lowest BCUT2D eigenvalue weighted by Gasteiger charge is -2.25. The first-order chi connectivity index (χ1) is 16.0. The van der Waals surface area contributed by atoms with E-state index < -0.39 is 11.2 Å². The molecule has 8 nitrogen and oxygen atoms in total. The zero-order valence-electron chi connectivity index (χ0n) is 19.1. The SMILES string of the molecule is CCCCn1c(N)c(N(CC)C(=O)CNC(c2ccccc2)c2ccccc2)c(=O)[nH]c1=O. The van der Waals surface area contributed by atoms with E-state index >= 15 is 0 Å². The number of hydrogen-bond donors (Lipinski definition) is 3. The van der Waals surface area contributed by atoms with Crippen LogP contribution in [0.2, 0.25) is 0 Å². The third-order valence-electron chi connectivity index (χ3n) is 5.56. The van der Waals surface area contributed by atoms with E-state index in [1.807, 2.05) is 67.6 Å². The molecule has 0 atom stereocenters. The highest BCUT2D eigenvalue weighted by Crippen LogP contribution is 2.22. The summed E-state index contributed by atoms with van der Waals surface area (Å²) in [7, 11) is 0. The molecule has 33 heavy (non-hydrogen) atoms. The predicted octanol–water partition coefficient (Wildman–Crippen LogP) is 2.65. The lowest BCUT2D eigenvalue weighted by Crippen LogP contribution is -2.44. The van der Waals surface area contributed by atoms with Crippen molar-refractivity contribution in [3.8, 4) is 0 Å². The van der Waals surface area contributed by atoms with Crippen LogP contribution in [0, 0.1) is 0 Å². The summed E-state index contributed by atoms with van der Waals surface area (Å²) in [5.41, 5.74) is 7.03. The number of rotatable bonds is 10. The second kappa shape index (κ2) is 11.3. The summed E-state index contributed by atoms with van der Waals surface area (Å²) in [6.07, 6.45) is 1.59. The van der Waals surface area contributed by atoms with Gasteiger partial charge in [0.15, 0.2) is 5.69 Å². The summed E-state index contributed by atoms with van der Waals surface area (Å²) in [6.45, 7) is 4.36. The topological polar surface area (TPSA) is 113 Å². The number of aromatic amines is 1. The smallest absolute Gasteiger partial charge is 0.330 e. The monoisotopic (exact) mass is 449 g/mol. The van der Waals surface area contributed by atoms with Crippen LogP contribution in [0.5, 0.6) is 0 Å². The molecule has 1 aromatic heterocycles. The third-order valence-corrected chi connectivity index (χ3v) is 5.56. The number of nitrogen functional groups attached to an aromatic ring is 1. The standard InChI is InChI=1S/C25H31N5O3/c1-3-5-16-30-23(26)22(24(32)28-25(30)33)29(4-2)20(31)17-27-21(18-12-8-6-9-13-18)19-14-10-7-11-15-19/h6-15,21,27H,3-5,16-17,26H2,1-2H3,(H,28,32,33). The number of nitrogens with two attached hydrogens (primary N) is 1. The predicted molar refractivity (Wildman–Crippen MR) is 131 cm³/mol. The summed E-state index contributed by atoms with van der Waals surface area (Å²) in [5.74, 6) is -0.303. The normalized spacial score (nSPS) is 11.0. The first kappa shape index (κ1) is 24.0. The highest BCUT2D eigenvalue weighted by Gasteiger charge is 2.24. The van der Waals surface area contributed by atoms with Crippen molar-refractivity contribution < 1.29 is 4.79 Å². The molecular weight excluding hydrogens is 418 g/mol. The Labute approximate surface area is 193 Å². The van der Waals surface area contributed by atoms with Crippen molar-refractivity contribution in [1.82, 2.24) is 14.9 Å². The zero-order chi connectivity index (χ0) is 23.8. The molecule has 3 aromatic rings. The van der Waals surface area contributed by atoms with Gasteiger partial charge in [0.1, 0.15) is 5.82 Å². The Morgan fingerprint density at radius 1 is 1.03 bits per heavy atom. The minimum Gasteiger partial charge on any atom is -0.383 e. The number of benzene rings is 2. The second-order valence-electron chi connectivity index (χ2n) is 7.77. The number of nitrogens with zero attached hydrogens (tertiary/aromatic N) is 2. The van der Waals surface area contributed by atoms with Gasteiger partial charge in [-0.15, -0.1) is 0 Å². The quantitative estimate of drug-likeness (QED) is 0.440. The number of unbranched alkanes of at least 4 members (excludes halogenated alkanes) is 1. The van der Waals surface area contributed by atoms with Gasteiger partial charge in [-0.25, -0.2) is 4.79 Å². The highest BCUT2D eigenvalue weighted by molar-refractivity contribution is 5.96. The van der Waals surface area contributed by atoms with Crippen LogP contribution >= 0.6 is 0 Å². The molecule has 0 spiro atoms. The Balaban J connectivity index is 1.88. The molecule has 0 fully saturated rings. The molecule has 0 saturated carbocycles. The van der Waals surface area contributed by atoms with Crippen LogP contribution in [0.3, 0.4) is 0 Å². The lowest BCUT2D eigenvalue weighted by atomic mass is 9.99. The first-order valence-electron chi connectivity index (χ1n) is 11.2. The van der Waals surface area contributed by atoms with Crippen molar-refractivity contribution in [3.63, 3.8) is 0 Å². The molecule has 4 N–H and O–H groups in total. The van der Waals surface area contributed by atoms with E-state index in [0.29, 0.717) is 6.54 Å². The molecule has 2 aromatic carbocycles. The van der Waals surface area contributed by atoms with Crippen molar-refractivity contribution in [1.29, 1.82) is 0 Å². The van der Waals surface area contributed by atoms with Gasteiger partial charge in [-0.05, 0) is 24.5 Å². The first-order valence-corrected chi connectivity index (χ1v) is 11.2. The van der Waals surface area contributed by atoms with Gasteiger partial charge in [0.25, 0.3) is 5.56 Å². The molecule has 0 aliphatic heterocycles. The Morgan fingerprint density at radius 2 is 1.61 bits per heavy atom. The lowest BCUT2D eigenvalue weighted by molar-refractivity contribution is -0.117. The summed E-state index contributed by atoms with van der Waals surface area (Å²) < 4.78 is 1.32. The maximum Gasteiger partial charge on any atom is 0.330 e. The average molecular weight is 450 g/mol. The molecule has 0 aliphatic rings. The van der Waals surface area contributed by atoms with E-state index in [-0.39, 0.29) is 36.5 Å². The number of likely N-dealkylation sites (N-methyl/N-ethyl adjacent to an activating group) is 1. The van der Waals surface area contributed by atoms with Crippen molar-refractivity contribution in [3.05, 3.63) is 92.6 Å². The van der Waals surface area contributed by atoms with Gasteiger partial charge in [-0.1, -0.05) is 74.0 Å². The minimum absolute atomic E-state index is 0.00932. The Hall–Kier alpha value is -3.65. The van der Waals surface area contributed by atoms with Crippen LogP contribution in [0.4, 0.5) is 11.5 Å². The van der Waals surface area contributed by atoms with E-state index in [4.69, 9.17) is 5.73 Å². The number of nitrogens with one attached hydrogen (secondary N) is 2. The molecule has 0 radical (unpaired) electrons. The van der Waals surface area contributed by atoms with Gasteiger partial charge in [0.05, 0.1) is 12.6 Å². The Kier molecular flexibility index (Phi) is 8.21. The third kappa shape index (κ3) is 5.59. The van der Waals surface area contributed by atoms with Crippen LogP contribution in [0.1, 0.15) is 43.9 Å². The van der Waals surface area contributed by atoms with Crippen LogP contribution in [-0.2, 0) is 11.3 Å². The minimum atomic E-state index is -0.664. The van der Waals surface area contributed by atoms with E-state index in [9.17, 15) is 14.4 Å². The molecule has 8 heteroatoms. The highest BCUT2D eigenvalue weighted by atomic mass is 16.2. The number of carbonyl (C=O) groups is 1. The summed E-state index contributed by atoms with van der Waals surface area (Å²) in [5, 5.41) is 3.32. The van der Waals surface area contributed by atoms with E-state index in [1.165, 1.54) is 9.47 Å². The maximum atomic E-state index is 13.2. The fraction of sp³-hybridized carbons (Fsp3) is 0.320. The van der Waals surface area contributed by atoms with Gasteiger partial charge in [-0.2, -0.15) is 0 Å². The fourth-order valence-electron chi connectivity index (χ4n) is 3.84. The Morgan fingerprint density at radius 3 is 2.12 bits per heavy atom. The number of hydrogen-bond acceptors (Lipinski definition) is 5. The summed E-state index contributed by atoms with van der Waals surface area (Å²) >= 11 is 0. The van der Waals surface area contributed by atoms with Gasteiger partial charge >= 0.3 is 5.69 Å². The van der Waals surface area contributed by atoms with Crippen LogP contribution in [-0.4, -0.2) is 28.5 Å². The zero-order valence-corrected chi connectivity index (χ0v) is 19.1. The van der Waals surface area contributed by atoms with Crippen molar-refractivity contribution in [2.24, 2.45) is 0 Å². The van der Waals surface area contributed by atoms with Crippen molar-refractivity contribution in [2.75, 3.05) is 23.7 Å². The molecular formula is C25H31N5O3. The van der Waals surface area contributed by atoms with Crippen LogP contribution < -0.4 is 27.2 Å². The number of carbonyl (C=O) groups excluding carboxylic acids is 1. The van der Waals surface area contributed by atoms with Crippen LogP contribution in [0.25, 0.3) is 0 Å². The molecule has 0 saturated heterocycles. The molecule has 3 rings (SSSR count). The molecule has 1 heterocycles. The number of aromatic nitrogens is 2. The van der Waals surface area contributed by atoms with Gasteiger partial charge in [0, 0.05) is 13.1 Å². The van der Waals surface area contributed by atoms with Gasteiger partial charge in [-0.3, -0.25) is 24.5 Å². The molecule has 0 unspecified atom stereocenters. The maximum absolute atomic E-state index is 13.2. The number of amides is 1. The molecule has 1 amide bonds. The fourth-order valence-corrected chi connectivity index (χ4v) is 3.84. The summed E-state index contributed by atoms with van der Waals surface area (Å²) in [4.78, 5) is 41.7. The number of H-pyrrole nitrogens is 1. The average Bonchev–Trinajstić information content (AvgIpc) is 2.83. The molecule has 0 bridgehead atoms. The molecule has 0 aliphatic carbocycles. The summed E-state index contributed by atoms with van der Waals surface area (Å²) in [6, 6.07) is 19.5. The second-order valence-corrected chi connectivity index (χ2v) is 7.77.